The normalized spacial score (nSPS) is 24.9. The molecule has 0 radical (unpaired) electrons. The molecule has 1 N–H and O–H groups in total. The molecule has 2 heteroatoms. The molecule has 0 amide bonds. The highest BCUT2D eigenvalue weighted by atomic mass is 16.5. The van der Waals surface area contributed by atoms with Gasteiger partial charge in [-0.3, -0.25) is 0 Å². The van der Waals surface area contributed by atoms with Gasteiger partial charge in [0.2, 0.25) is 0 Å². The first-order valence-electron chi connectivity index (χ1n) is 6.52. The van der Waals surface area contributed by atoms with Gasteiger partial charge in [-0.05, 0) is 44.9 Å². The molecule has 1 fully saturated rings. The lowest BCUT2D eigenvalue weighted by molar-refractivity contribution is 0.0342. The second-order valence-corrected chi connectivity index (χ2v) is 5.15. The number of ether oxygens (including phenoxy) is 1. The third-order valence-electron chi connectivity index (χ3n) is 3.83. The Kier molecular flexibility index (Phi) is 4.19. The smallest absolute Gasteiger partial charge is 0.0512 e. The van der Waals surface area contributed by atoms with Gasteiger partial charge in [-0.15, -0.1) is 0 Å². The number of nitrogens with one attached hydrogen (secondary N) is 1. The summed E-state index contributed by atoms with van der Waals surface area (Å²) in [5.41, 5.74) is 4.22. The Morgan fingerprint density at radius 2 is 2.18 bits per heavy atom. The van der Waals surface area contributed by atoms with Crippen LogP contribution in [0, 0.1) is 19.8 Å². The number of aryl methyl sites for hydroxylation is 2. The minimum Gasteiger partial charge on any atom is -0.381 e. The van der Waals surface area contributed by atoms with E-state index in [-0.39, 0.29) is 0 Å². The number of hydrogen-bond acceptors (Lipinski definition) is 2. The van der Waals surface area contributed by atoms with E-state index in [0.29, 0.717) is 12.0 Å². The molecule has 17 heavy (non-hydrogen) atoms. The van der Waals surface area contributed by atoms with Crippen molar-refractivity contribution >= 4 is 0 Å². The van der Waals surface area contributed by atoms with Crippen LogP contribution in [-0.2, 0) is 11.2 Å². The van der Waals surface area contributed by atoms with Crippen LogP contribution in [0.15, 0.2) is 18.2 Å². The van der Waals surface area contributed by atoms with Gasteiger partial charge in [-0.1, -0.05) is 23.8 Å². The maximum atomic E-state index is 5.62. The molecule has 1 aromatic carbocycles. The van der Waals surface area contributed by atoms with E-state index in [4.69, 9.17) is 4.74 Å². The van der Waals surface area contributed by atoms with Gasteiger partial charge >= 0.3 is 0 Å². The quantitative estimate of drug-likeness (QED) is 0.866. The Morgan fingerprint density at radius 1 is 1.35 bits per heavy atom. The Balaban J connectivity index is 2.10. The van der Waals surface area contributed by atoms with Gasteiger partial charge in [0.1, 0.15) is 0 Å². The summed E-state index contributed by atoms with van der Waals surface area (Å²) in [6.07, 6.45) is 2.26. The van der Waals surface area contributed by atoms with Gasteiger partial charge in [0.05, 0.1) is 6.61 Å². The average Bonchev–Trinajstić information content (AvgIpc) is 2.34. The van der Waals surface area contributed by atoms with E-state index >= 15 is 0 Å². The van der Waals surface area contributed by atoms with E-state index in [0.717, 1.165) is 26.1 Å². The molecule has 2 unspecified atom stereocenters. The Hall–Kier alpha value is -0.860. The molecule has 0 saturated carbocycles. The Morgan fingerprint density at radius 3 is 2.94 bits per heavy atom. The Labute approximate surface area is 104 Å². The maximum absolute atomic E-state index is 5.62. The van der Waals surface area contributed by atoms with Gasteiger partial charge < -0.3 is 10.1 Å². The third-order valence-corrected chi connectivity index (χ3v) is 3.83. The van der Waals surface area contributed by atoms with Crippen molar-refractivity contribution in [1.82, 2.24) is 5.32 Å². The first kappa shape index (κ1) is 12.6. The van der Waals surface area contributed by atoms with Gasteiger partial charge in [0.25, 0.3) is 0 Å². The summed E-state index contributed by atoms with van der Waals surface area (Å²) in [6.45, 7) is 6.15. The van der Waals surface area contributed by atoms with Crippen LogP contribution in [0.25, 0.3) is 0 Å². The molecular weight excluding hydrogens is 210 g/mol. The van der Waals surface area contributed by atoms with Crippen LogP contribution in [-0.4, -0.2) is 26.3 Å². The lowest BCUT2D eigenvalue weighted by Crippen LogP contribution is -2.42. The van der Waals surface area contributed by atoms with Gasteiger partial charge in [0.15, 0.2) is 0 Å². The van der Waals surface area contributed by atoms with Crippen molar-refractivity contribution in [2.24, 2.45) is 5.92 Å². The standard InChI is InChI=1S/C15H23NO/c1-11-4-5-12(2)13(8-11)9-14-10-17-7-6-15(14)16-3/h4-5,8,14-16H,6-7,9-10H2,1-3H3. The molecule has 1 aromatic rings. The summed E-state index contributed by atoms with van der Waals surface area (Å²) in [7, 11) is 2.06. The molecule has 2 atom stereocenters. The number of hydrogen-bond donors (Lipinski definition) is 1. The van der Waals surface area contributed by atoms with Crippen molar-refractivity contribution in [3.63, 3.8) is 0 Å². The molecular formula is C15H23NO. The highest BCUT2D eigenvalue weighted by molar-refractivity contribution is 5.31. The highest BCUT2D eigenvalue weighted by Crippen LogP contribution is 2.22. The summed E-state index contributed by atoms with van der Waals surface area (Å²) >= 11 is 0. The van der Waals surface area contributed by atoms with Crippen LogP contribution in [0.5, 0.6) is 0 Å². The van der Waals surface area contributed by atoms with Crippen molar-refractivity contribution in [3.8, 4) is 0 Å². The van der Waals surface area contributed by atoms with E-state index in [1.807, 2.05) is 0 Å². The van der Waals surface area contributed by atoms with Crippen LogP contribution in [0.4, 0.5) is 0 Å². The molecule has 1 heterocycles. The van der Waals surface area contributed by atoms with E-state index in [1.54, 1.807) is 0 Å². The van der Waals surface area contributed by atoms with Crippen molar-refractivity contribution in [3.05, 3.63) is 34.9 Å². The molecule has 0 aromatic heterocycles. The van der Waals surface area contributed by atoms with Crippen molar-refractivity contribution in [1.29, 1.82) is 0 Å². The van der Waals surface area contributed by atoms with Crippen LogP contribution >= 0.6 is 0 Å². The fourth-order valence-corrected chi connectivity index (χ4v) is 2.68. The van der Waals surface area contributed by atoms with Crippen molar-refractivity contribution < 1.29 is 4.74 Å². The molecule has 1 aliphatic heterocycles. The largest absolute Gasteiger partial charge is 0.381 e. The van der Waals surface area contributed by atoms with Crippen molar-refractivity contribution in [2.45, 2.75) is 32.7 Å². The third kappa shape index (κ3) is 3.08. The summed E-state index contributed by atoms with van der Waals surface area (Å²) < 4.78 is 5.62. The van der Waals surface area contributed by atoms with E-state index in [2.05, 4.69) is 44.4 Å². The summed E-state index contributed by atoms with van der Waals surface area (Å²) in [6, 6.07) is 7.33. The van der Waals surface area contributed by atoms with E-state index in [9.17, 15) is 0 Å². The lowest BCUT2D eigenvalue weighted by Gasteiger charge is -2.31. The second-order valence-electron chi connectivity index (χ2n) is 5.15. The molecule has 1 aliphatic rings. The van der Waals surface area contributed by atoms with Gasteiger partial charge in [-0.25, -0.2) is 0 Å². The van der Waals surface area contributed by atoms with Gasteiger partial charge in [0, 0.05) is 18.6 Å². The zero-order valence-electron chi connectivity index (χ0n) is 11.1. The number of rotatable bonds is 3. The average molecular weight is 233 g/mol. The molecule has 2 nitrogen and oxygen atoms in total. The molecule has 0 bridgehead atoms. The van der Waals surface area contributed by atoms with Crippen molar-refractivity contribution in [2.75, 3.05) is 20.3 Å². The first-order valence-corrected chi connectivity index (χ1v) is 6.52. The zero-order chi connectivity index (χ0) is 12.3. The molecule has 2 rings (SSSR count). The number of benzene rings is 1. The zero-order valence-corrected chi connectivity index (χ0v) is 11.1. The van der Waals surface area contributed by atoms with Crippen LogP contribution in [0.2, 0.25) is 0 Å². The van der Waals surface area contributed by atoms with Crippen LogP contribution in [0.1, 0.15) is 23.1 Å². The first-order chi connectivity index (χ1) is 8.20. The van der Waals surface area contributed by atoms with E-state index in [1.165, 1.54) is 16.7 Å². The Bertz CT molecular complexity index is 375. The minimum atomic E-state index is 0.601. The summed E-state index contributed by atoms with van der Waals surface area (Å²) in [5.74, 6) is 0.606. The molecule has 1 saturated heterocycles. The fraction of sp³-hybridized carbons (Fsp3) is 0.600. The second kappa shape index (κ2) is 5.65. The van der Waals surface area contributed by atoms with Crippen LogP contribution in [0.3, 0.4) is 0 Å². The maximum Gasteiger partial charge on any atom is 0.0512 e. The topological polar surface area (TPSA) is 21.3 Å². The predicted molar refractivity (Wildman–Crippen MR) is 71.4 cm³/mol. The minimum absolute atomic E-state index is 0.601. The summed E-state index contributed by atoms with van der Waals surface area (Å²) in [4.78, 5) is 0. The monoisotopic (exact) mass is 233 g/mol. The molecule has 94 valence electrons. The fourth-order valence-electron chi connectivity index (χ4n) is 2.68. The lowest BCUT2D eigenvalue weighted by atomic mass is 9.87. The molecule has 0 aliphatic carbocycles. The molecule has 0 spiro atoms. The van der Waals surface area contributed by atoms with E-state index < -0.39 is 0 Å². The SMILES string of the molecule is CNC1CCOCC1Cc1cc(C)ccc1C. The van der Waals surface area contributed by atoms with Gasteiger partial charge in [-0.2, -0.15) is 0 Å². The highest BCUT2D eigenvalue weighted by Gasteiger charge is 2.24. The summed E-state index contributed by atoms with van der Waals surface area (Å²) in [5, 5.41) is 3.43. The predicted octanol–water partition coefficient (Wildman–Crippen LogP) is 2.47. The van der Waals surface area contributed by atoms with Crippen LogP contribution < -0.4 is 5.32 Å².